The number of carboxylic acid groups (broad SMARTS) is 1. The number of nitrogens with zero attached hydrogens (tertiary/aromatic N) is 2. The molecule has 0 radical (unpaired) electrons. The molecule has 1 fully saturated rings. The lowest BCUT2D eigenvalue weighted by atomic mass is 9.90. The SMILES string of the molecule is CC(C(=O)O)(c1ccncc1)N1CCCNCC1. The fourth-order valence-electron chi connectivity index (χ4n) is 2.41. The summed E-state index contributed by atoms with van der Waals surface area (Å²) in [6.07, 6.45) is 4.26. The highest BCUT2D eigenvalue weighted by Gasteiger charge is 2.41. The van der Waals surface area contributed by atoms with Crippen LogP contribution < -0.4 is 5.32 Å². The van der Waals surface area contributed by atoms with Gasteiger partial charge in [0.25, 0.3) is 0 Å². The third kappa shape index (κ3) is 2.37. The molecule has 1 saturated heterocycles. The van der Waals surface area contributed by atoms with Gasteiger partial charge in [-0.25, -0.2) is 4.79 Å². The van der Waals surface area contributed by atoms with E-state index in [2.05, 4.69) is 10.3 Å². The van der Waals surface area contributed by atoms with Crippen LogP contribution in [0.2, 0.25) is 0 Å². The third-order valence-corrected chi connectivity index (χ3v) is 3.63. The molecule has 5 nitrogen and oxygen atoms in total. The standard InChI is InChI=1S/C13H19N3O2/c1-13(12(17)18,11-3-6-15-7-4-11)16-9-2-5-14-8-10-16/h3-4,6-7,14H,2,5,8-10H2,1H3,(H,17,18). The Labute approximate surface area is 107 Å². The van der Waals surface area contributed by atoms with Crippen LogP contribution in [0.1, 0.15) is 18.9 Å². The average Bonchev–Trinajstić information content (AvgIpc) is 2.67. The molecule has 0 spiro atoms. The molecule has 1 aliphatic rings. The number of hydrogen-bond donors (Lipinski definition) is 2. The van der Waals surface area contributed by atoms with Gasteiger partial charge in [-0.2, -0.15) is 0 Å². The Kier molecular flexibility index (Phi) is 3.93. The normalized spacial score (nSPS) is 20.9. The Balaban J connectivity index is 2.34. The molecular formula is C13H19N3O2. The van der Waals surface area contributed by atoms with Gasteiger partial charge in [0.15, 0.2) is 0 Å². The van der Waals surface area contributed by atoms with E-state index in [4.69, 9.17) is 0 Å². The van der Waals surface area contributed by atoms with Crippen molar-refractivity contribution in [3.05, 3.63) is 30.1 Å². The lowest BCUT2D eigenvalue weighted by molar-refractivity contribution is -0.151. The summed E-state index contributed by atoms with van der Waals surface area (Å²) in [6.45, 7) is 5.08. The van der Waals surface area contributed by atoms with E-state index in [0.717, 1.165) is 38.2 Å². The second-order valence-electron chi connectivity index (χ2n) is 4.70. The van der Waals surface area contributed by atoms with Crippen LogP contribution in [0.4, 0.5) is 0 Å². The zero-order valence-corrected chi connectivity index (χ0v) is 10.6. The van der Waals surface area contributed by atoms with Crippen LogP contribution in [0.25, 0.3) is 0 Å². The predicted octanol–water partition coefficient (Wildman–Crippen LogP) is 0.677. The van der Waals surface area contributed by atoms with Crippen molar-refractivity contribution in [2.24, 2.45) is 0 Å². The molecule has 2 heterocycles. The number of pyridine rings is 1. The summed E-state index contributed by atoms with van der Waals surface area (Å²) < 4.78 is 0. The fourth-order valence-corrected chi connectivity index (χ4v) is 2.41. The maximum atomic E-state index is 11.8. The predicted molar refractivity (Wildman–Crippen MR) is 68.3 cm³/mol. The maximum absolute atomic E-state index is 11.8. The molecule has 1 aromatic rings. The van der Waals surface area contributed by atoms with Gasteiger partial charge in [-0.15, -0.1) is 0 Å². The molecule has 1 aliphatic heterocycles. The summed E-state index contributed by atoms with van der Waals surface area (Å²) in [5, 5.41) is 12.9. The molecule has 0 amide bonds. The minimum absolute atomic E-state index is 0.741. The van der Waals surface area contributed by atoms with Gasteiger partial charge in [-0.3, -0.25) is 9.88 Å². The number of carbonyl (C=O) groups is 1. The van der Waals surface area contributed by atoms with Gasteiger partial charge in [0, 0.05) is 32.0 Å². The summed E-state index contributed by atoms with van der Waals surface area (Å²) in [5.74, 6) is -0.810. The van der Waals surface area contributed by atoms with E-state index in [1.54, 1.807) is 31.5 Å². The molecule has 1 aromatic heterocycles. The minimum Gasteiger partial charge on any atom is -0.480 e. The van der Waals surface area contributed by atoms with E-state index < -0.39 is 11.5 Å². The maximum Gasteiger partial charge on any atom is 0.328 e. The Bertz CT molecular complexity index is 402. The second-order valence-corrected chi connectivity index (χ2v) is 4.70. The van der Waals surface area contributed by atoms with Crippen molar-refractivity contribution in [3.8, 4) is 0 Å². The van der Waals surface area contributed by atoms with Crippen LogP contribution in [0.15, 0.2) is 24.5 Å². The highest BCUT2D eigenvalue weighted by Crippen LogP contribution is 2.28. The van der Waals surface area contributed by atoms with Gasteiger partial charge in [0.1, 0.15) is 5.54 Å². The summed E-state index contributed by atoms with van der Waals surface area (Å²) in [5.41, 5.74) is -0.193. The quantitative estimate of drug-likeness (QED) is 0.824. The molecule has 18 heavy (non-hydrogen) atoms. The van der Waals surface area contributed by atoms with Gasteiger partial charge in [-0.1, -0.05) is 0 Å². The molecule has 0 aromatic carbocycles. The van der Waals surface area contributed by atoms with Crippen molar-refractivity contribution < 1.29 is 9.90 Å². The largest absolute Gasteiger partial charge is 0.480 e. The van der Waals surface area contributed by atoms with Crippen LogP contribution in [0.3, 0.4) is 0 Å². The van der Waals surface area contributed by atoms with Gasteiger partial charge in [0.05, 0.1) is 0 Å². The molecule has 2 N–H and O–H groups in total. The highest BCUT2D eigenvalue weighted by atomic mass is 16.4. The lowest BCUT2D eigenvalue weighted by Gasteiger charge is -2.37. The first-order chi connectivity index (χ1) is 8.65. The molecule has 0 saturated carbocycles. The minimum atomic E-state index is -0.977. The van der Waals surface area contributed by atoms with Crippen LogP contribution >= 0.6 is 0 Å². The average molecular weight is 249 g/mol. The third-order valence-electron chi connectivity index (χ3n) is 3.63. The van der Waals surface area contributed by atoms with E-state index in [1.807, 2.05) is 4.90 Å². The topological polar surface area (TPSA) is 65.5 Å². The summed E-state index contributed by atoms with van der Waals surface area (Å²) in [4.78, 5) is 17.7. The van der Waals surface area contributed by atoms with Gasteiger partial charge < -0.3 is 10.4 Å². The number of rotatable bonds is 3. The summed E-state index contributed by atoms with van der Waals surface area (Å²) in [7, 11) is 0. The summed E-state index contributed by atoms with van der Waals surface area (Å²) in [6, 6.07) is 3.57. The van der Waals surface area contributed by atoms with Crippen molar-refractivity contribution in [1.82, 2.24) is 15.2 Å². The van der Waals surface area contributed by atoms with Gasteiger partial charge in [-0.05, 0) is 37.6 Å². The number of aliphatic carboxylic acids is 1. The Hall–Kier alpha value is -1.46. The molecule has 5 heteroatoms. The molecule has 0 aliphatic carbocycles. The first-order valence-corrected chi connectivity index (χ1v) is 6.25. The number of nitrogens with one attached hydrogen (secondary N) is 1. The lowest BCUT2D eigenvalue weighted by Crippen LogP contribution is -2.51. The van der Waals surface area contributed by atoms with Crippen molar-refractivity contribution in [1.29, 1.82) is 0 Å². The molecule has 2 rings (SSSR count). The fraction of sp³-hybridized carbons (Fsp3) is 0.538. The van der Waals surface area contributed by atoms with E-state index in [1.165, 1.54) is 0 Å². The molecule has 1 unspecified atom stereocenters. The van der Waals surface area contributed by atoms with Crippen LogP contribution in [-0.2, 0) is 10.3 Å². The summed E-state index contributed by atoms with van der Waals surface area (Å²) >= 11 is 0. The van der Waals surface area contributed by atoms with Crippen LogP contribution in [0.5, 0.6) is 0 Å². The molecule has 98 valence electrons. The smallest absolute Gasteiger partial charge is 0.328 e. The number of carboxylic acids is 1. The van der Waals surface area contributed by atoms with E-state index >= 15 is 0 Å². The first kappa shape index (κ1) is 13.0. The zero-order chi connectivity index (χ0) is 13.0. The van der Waals surface area contributed by atoms with Gasteiger partial charge >= 0.3 is 5.97 Å². The van der Waals surface area contributed by atoms with Crippen molar-refractivity contribution in [2.75, 3.05) is 26.2 Å². The monoisotopic (exact) mass is 249 g/mol. The van der Waals surface area contributed by atoms with Crippen molar-refractivity contribution in [3.63, 3.8) is 0 Å². The Morgan fingerprint density at radius 3 is 2.78 bits per heavy atom. The molecule has 0 bridgehead atoms. The van der Waals surface area contributed by atoms with E-state index in [0.29, 0.717) is 0 Å². The molecular weight excluding hydrogens is 230 g/mol. The van der Waals surface area contributed by atoms with Crippen molar-refractivity contribution in [2.45, 2.75) is 18.9 Å². The Morgan fingerprint density at radius 1 is 1.39 bits per heavy atom. The van der Waals surface area contributed by atoms with Crippen LogP contribution in [-0.4, -0.2) is 47.1 Å². The first-order valence-electron chi connectivity index (χ1n) is 6.25. The van der Waals surface area contributed by atoms with Crippen molar-refractivity contribution >= 4 is 5.97 Å². The number of hydrogen-bond acceptors (Lipinski definition) is 4. The van der Waals surface area contributed by atoms with E-state index in [9.17, 15) is 9.90 Å². The zero-order valence-electron chi connectivity index (χ0n) is 10.6. The Morgan fingerprint density at radius 2 is 2.11 bits per heavy atom. The molecule has 1 atom stereocenters. The van der Waals surface area contributed by atoms with E-state index in [-0.39, 0.29) is 0 Å². The number of aromatic nitrogens is 1. The van der Waals surface area contributed by atoms with Crippen LogP contribution in [0, 0.1) is 0 Å². The highest BCUT2D eigenvalue weighted by molar-refractivity contribution is 5.80. The second kappa shape index (κ2) is 5.46. The van der Waals surface area contributed by atoms with Gasteiger partial charge in [0.2, 0.25) is 0 Å².